The summed E-state index contributed by atoms with van der Waals surface area (Å²) in [4.78, 5) is 21.6. The Bertz CT molecular complexity index is 526. The van der Waals surface area contributed by atoms with Crippen molar-refractivity contribution in [2.24, 2.45) is 0 Å². The van der Waals surface area contributed by atoms with Crippen molar-refractivity contribution in [1.82, 2.24) is 0 Å². The Kier molecular flexibility index (Phi) is 3.05. The molecule has 0 unspecified atom stereocenters. The lowest BCUT2D eigenvalue weighted by Gasteiger charge is -2.02. The van der Waals surface area contributed by atoms with Crippen molar-refractivity contribution in [2.45, 2.75) is 6.92 Å². The van der Waals surface area contributed by atoms with Crippen LogP contribution in [-0.2, 0) is 14.3 Å². The van der Waals surface area contributed by atoms with E-state index in [1.165, 1.54) is 13.0 Å². The minimum absolute atomic E-state index is 0.373. The normalized spacial score (nSPS) is 16.1. The molecule has 86 valence electrons. The Labute approximate surface area is 98.2 Å². The van der Waals surface area contributed by atoms with Gasteiger partial charge in [0.15, 0.2) is 0 Å². The molecule has 0 aromatic heterocycles. The molecule has 17 heavy (non-hydrogen) atoms. The van der Waals surface area contributed by atoms with E-state index in [1.54, 1.807) is 30.4 Å². The summed E-state index contributed by atoms with van der Waals surface area (Å²) >= 11 is 0. The number of carbonyl (C=O) groups excluding carboxylic acids is 2. The topological polar surface area (TPSA) is 52.6 Å². The molecule has 0 aliphatic carbocycles. The molecule has 0 saturated heterocycles. The number of esters is 2. The van der Waals surface area contributed by atoms with Gasteiger partial charge in [-0.05, 0) is 29.8 Å². The molecular formula is C13H10O4. The second kappa shape index (κ2) is 4.65. The summed E-state index contributed by atoms with van der Waals surface area (Å²) in [5.74, 6) is 0.171. The Balaban J connectivity index is 2.19. The van der Waals surface area contributed by atoms with Gasteiger partial charge in [-0.15, -0.1) is 0 Å². The highest BCUT2D eigenvalue weighted by atomic mass is 16.5. The molecule has 0 spiro atoms. The van der Waals surface area contributed by atoms with Gasteiger partial charge in [-0.2, -0.15) is 0 Å². The number of allylic oxidation sites excluding steroid dienone is 1. The van der Waals surface area contributed by atoms with Crippen LogP contribution in [0, 0.1) is 0 Å². The van der Waals surface area contributed by atoms with Crippen molar-refractivity contribution < 1.29 is 19.1 Å². The first-order valence-electron chi connectivity index (χ1n) is 5.03. The van der Waals surface area contributed by atoms with Crippen molar-refractivity contribution in [3.63, 3.8) is 0 Å². The standard InChI is InChI=1S/C13H10O4/c1-9(14)16-11-4-2-3-10(7-11)8-12-5-6-13(15)17-12/h2-8H,1H3/b12-8-. The van der Waals surface area contributed by atoms with Crippen LogP contribution in [0.3, 0.4) is 0 Å². The summed E-state index contributed by atoms with van der Waals surface area (Å²) in [6.07, 6.45) is 4.62. The molecule has 1 aromatic rings. The molecular weight excluding hydrogens is 220 g/mol. The van der Waals surface area contributed by atoms with Crippen LogP contribution in [0.1, 0.15) is 12.5 Å². The Morgan fingerprint density at radius 1 is 1.35 bits per heavy atom. The predicted molar refractivity (Wildman–Crippen MR) is 61.0 cm³/mol. The highest BCUT2D eigenvalue weighted by molar-refractivity contribution is 5.87. The Morgan fingerprint density at radius 3 is 2.82 bits per heavy atom. The summed E-state index contributed by atoms with van der Waals surface area (Å²) in [6, 6.07) is 6.94. The van der Waals surface area contributed by atoms with Crippen molar-refractivity contribution in [2.75, 3.05) is 0 Å². The molecule has 1 aromatic carbocycles. The third kappa shape index (κ3) is 3.04. The molecule has 4 heteroatoms. The van der Waals surface area contributed by atoms with E-state index in [2.05, 4.69) is 0 Å². The van der Waals surface area contributed by atoms with Crippen LogP contribution in [0.4, 0.5) is 0 Å². The second-order valence-electron chi connectivity index (χ2n) is 3.47. The third-order valence-corrected chi connectivity index (χ3v) is 2.03. The molecule has 1 aliphatic heterocycles. The van der Waals surface area contributed by atoms with E-state index in [4.69, 9.17) is 9.47 Å². The fourth-order valence-electron chi connectivity index (χ4n) is 1.41. The first-order chi connectivity index (χ1) is 8.13. The monoisotopic (exact) mass is 230 g/mol. The average Bonchev–Trinajstić information content (AvgIpc) is 2.63. The SMILES string of the molecule is CC(=O)Oc1cccc(/C=C2/C=CC(=O)O2)c1. The van der Waals surface area contributed by atoms with Crippen molar-refractivity contribution in [3.05, 3.63) is 47.7 Å². The van der Waals surface area contributed by atoms with Crippen LogP contribution in [0.25, 0.3) is 6.08 Å². The predicted octanol–water partition coefficient (Wildman–Crippen LogP) is 2.07. The van der Waals surface area contributed by atoms with Crippen molar-refractivity contribution in [3.8, 4) is 5.75 Å². The lowest BCUT2D eigenvalue weighted by atomic mass is 10.2. The van der Waals surface area contributed by atoms with E-state index < -0.39 is 0 Å². The van der Waals surface area contributed by atoms with Crippen LogP contribution < -0.4 is 4.74 Å². The second-order valence-corrected chi connectivity index (χ2v) is 3.47. The van der Waals surface area contributed by atoms with E-state index in [1.807, 2.05) is 6.07 Å². The Morgan fingerprint density at radius 2 is 2.18 bits per heavy atom. The zero-order valence-electron chi connectivity index (χ0n) is 9.17. The number of benzene rings is 1. The first-order valence-corrected chi connectivity index (χ1v) is 5.03. The molecule has 1 aliphatic rings. The molecule has 1 heterocycles. The fraction of sp³-hybridized carbons (Fsp3) is 0.0769. The van der Waals surface area contributed by atoms with Crippen LogP contribution >= 0.6 is 0 Å². The van der Waals surface area contributed by atoms with Gasteiger partial charge in [0.1, 0.15) is 11.5 Å². The Hall–Kier alpha value is -2.36. The maximum Gasteiger partial charge on any atom is 0.336 e. The molecule has 0 radical (unpaired) electrons. The van der Waals surface area contributed by atoms with Crippen LogP contribution in [0.2, 0.25) is 0 Å². The molecule has 4 nitrogen and oxygen atoms in total. The number of rotatable bonds is 2. The molecule has 0 saturated carbocycles. The average molecular weight is 230 g/mol. The summed E-state index contributed by atoms with van der Waals surface area (Å²) in [6.45, 7) is 1.34. The van der Waals surface area contributed by atoms with Crippen LogP contribution in [-0.4, -0.2) is 11.9 Å². The largest absolute Gasteiger partial charge is 0.427 e. The zero-order valence-corrected chi connectivity index (χ0v) is 9.17. The summed E-state index contributed by atoms with van der Waals surface area (Å²) in [7, 11) is 0. The van der Waals surface area contributed by atoms with Gasteiger partial charge in [-0.3, -0.25) is 4.79 Å². The lowest BCUT2D eigenvalue weighted by molar-refractivity contribution is -0.132. The van der Waals surface area contributed by atoms with Gasteiger partial charge < -0.3 is 9.47 Å². The van der Waals surface area contributed by atoms with Gasteiger partial charge in [0.25, 0.3) is 0 Å². The highest BCUT2D eigenvalue weighted by Gasteiger charge is 2.09. The molecule has 0 bridgehead atoms. The van der Waals surface area contributed by atoms with Gasteiger partial charge in [-0.1, -0.05) is 12.1 Å². The maximum atomic E-state index is 10.8. The summed E-state index contributed by atoms with van der Waals surface area (Å²) in [5, 5.41) is 0. The molecule has 0 fully saturated rings. The molecule has 2 rings (SSSR count). The van der Waals surface area contributed by atoms with Gasteiger partial charge in [0, 0.05) is 13.0 Å². The molecule has 0 atom stereocenters. The van der Waals surface area contributed by atoms with Crippen molar-refractivity contribution in [1.29, 1.82) is 0 Å². The van der Waals surface area contributed by atoms with Gasteiger partial charge in [0.2, 0.25) is 0 Å². The van der Waals surface area contributed by atoms with Crippen LogP contribution in [0.5, 0.6) is 5.75 Å². The van der Waals surface area contributed by atoms with E-state index in [0.29, 0.717) is 11.5 Å². The smallest absolute Gasteiger partial charge is 0.336 e. The number of ether oxygens (including phenoxy) is 2. The third-order valence-electron chi connectivity index (χ3n) is 2.03. The van der Waals surface area contributed by atoms with Crippen molar-refractivity contribution >= 4 is 18.0 Å². The first kappa shape index (κ1) is 11.1. The minimum Gasteiger partial charge on any atom is -0.427 e. The lowest BCUT2D eigenvalue weighted by Crippen LogP contribution is -2.01. The number of cyclic esters (lactones) is 1. The molecule has 0 N–H and O–H groups in total. The zero-order chi connectivity index (χ0) is 12.3. The number of carbonyl (C=O) groups is 2. The maximum absolute atomic E-state index is 10.8. The van der Waals surface area contributed by atoms with Crippen LogP contribution in [0.15, 0.2) is 42.2 Å². The fourth-order valence-corrected chi connectivity index (χ4v) is 1.41. The van der Waals surface area contributed by atoms with Gasteiger partial charge >= 0.3 is 11.9 Å². The quantitative estimate of drug-likeness (QED) is 0.576. The van der Waals surface area contributed by atoms with E-state index in [-0.39, 0.29) is 11.9 Å². The summed E-state index contributed by atoms with van der Waals surface area (Å²) in [5.41, 5.74) is 0.790. The van der Waals surface area contributed by atoms with Gasteiger partial charge in [0.05, 0.1) is 0 Å². The minimum atomic E-state index is -0.382. The number of hydrogen-bond donors (Lipinski definition) is 0. The van der Waals surface area contributed by atoms with E-state index >= 15 is 0 Å². The van der Waals surface area contributed by atoms with E-state index in [0.717, 1.165) is 5.56 Å². The number of hydrogen-bond acceptors (Lipinski definition) is 4. The molecule has 0 amide bonds. The summed E-state index contributed by atoms with van der Waals surface area (Å²) < 4.78 is 9.84. The van der Waals surface area contributed by atoms with Gasteiger partial charge in [-0.25, -0.2) is 4.79 Å². The highest BCUT2D eigenvalue weighted by Crippen LogP contribution is 2.18. The van der Waals surface area contributed by atoms with E-state index in [9.17, 15) is 9.59 Å².